The second-order valence-electron chi connectivity index (χ2n) is 14.2. The number of benzene rings is 2. The highest BCUT2D eigenvalue weighted by Gasteiger charge is 2.31. The Morgan fingerprint density at radius 3 is 1.62 bits per heavy atom. The van der Waals surface area contributed by atoms with E-state index in [1.807, 2.05) is 20.8 Å². The maximum atomic E-state index is 12.5. The number of nitrogens with zero attached hydrogens (tertiary/aromatic N) is 5. The van der Waals surface area contributed by atoms with Crippen molar-refractivity contribution in [3.05, 3.63) is 91.9 Å². The molecule has 0 radical (unpaired) electrons. The Morgan fingerprint density at radius 2 is 1.21 bits per heavy atom. The van der Waals surface area contributed by atoms with Gasteiger partial charge in [-0.15, -0.1) is 12.4 Å². The maximum Gasteiger partial charge on any atom is 0.410 e. The average Bonchev–Trinajstić information content (AvgIpc) is 3.78. The third-order valence-corrected chi connectivity index (χ3v) is 13.3. The zero-order valence-electron chi connectivity index (χ0n) is 33.1. The van der Waals surface area contributed by atoms with E-state index in [1.54, 1.807) is 53.4 Å². The minimum absolute atomic E-state index is 0. The van der Waals surface area contributed by atoms with E-state index in [0.29, 0.717) is 46.5 Å². The highest BCUT2D eigenvalue weighted by molar-refractivity contribution is 7.92. The van der Waals surface area contributed by atoms with Crippen LogP contribution in [0.2, 0.25) is 0 Å². The van der Waals surface area contributed by atoms with Gasteiger partial charge in [-0.3, -0.25) is 0 Å². The smallest absolute Gasteiger partial charge is 0.410 e. The lowest BCUT2D eigenvalue weighted by Gasteiger charge is -2.29. The van der Waals surface area contributed by atoms with Gasteiger partial charge in [0.05, 0.1) is 68.9 Å². The van der Waals surface area contributed by atoms with Gasteiger partial charge in [0.25, 0.3) is 0 Å². The predicted octanol–water partition coefficient (Wildman–Crippen LogP) is 5.15. The van der Waals surface area contributed by atoms with Crippen LogP contribution in [-0.2, 0) is 73.3 Å². The predicted molar refractivity (Wildman–Crippen MR) is 225 cm³/mol. The molecule has 0 unspecified atom stereocenters. The van der Waals surface area contributed by atoms with Crippen LogP contribution < -0.4 is 13.9 Å². The van der Waals surface area contributed by atoms with Crippen LogP contribution in [-0.4, -0.2) is 95.2 Å². The van der Waals surface area contributed by atoms with Gasteiger partial charge in [0.1, 0.15) is 5.60 Å². The Morgan fingerprint density at radius 1 is 0.759 bits per heavy atom. The molecule has 0 saturated heterocycles. The molecule has 0 bridgehead atoms. The van der Waals surface area contributed by atoms with E-state index in [2.05, 4.69) is 24.8 Å². The van der Waals surface area contributed by atoms with Crippen molar-refractivity contribution in [2.45, 2.75) is 65.4 Å². The Kier molecular flexibility index (Phi) is 15.3. The zero-order valence-corrected chi connectivity index (χ0v) is 37.2. The van der Waals surface area contributed by atoms with Crippen LogP contribution in [0.5, 0.6) is 0 Å². The minimum Gasteiger partial charge on any atom is -0.465 e. The quantitative estimate of drug-likeness (QED) is 0.162. The van der Waals surface area contributed by atoms with Crippen LogP contribution in [0, 0.1) is 0 Å². The molecule has 4 aromatic rings. The van der Waals surface area contributed by atoms with Crippen molar-refractivity contribution in [1.29, 1.82) is 0 Å². The van der Waals surface area contributed by atoms with Crippen molar-refractivity contribution < 1.29 is 45.4 Å². The van der Waals surface area contributed by atoms with Gasteiger partial charge in [-0.25, -0.2) is 49.8 Å². The number of carbonyl (C=O) groups excluding carboxylic acids is 3. The number of ether oxygens (including phenoxy) is 3. The summed E-state index contributed by atoms with van der Waals surface area (Å²) in [7, 11) is -4.47. The molecule has 2 aliphatic heterocycles. The van der Waals surface area contributed by atoms with E-state index in [-0.39, 0.29) is 25.5 Å². The van der Waals surface area contributed by atoms with Gasteiger partial charge in [-0.1, -0.05) is 46.9 Å². The highest BCUT2D eigenvalue weighted by Crippen LogP contribution is 2.34. The molecule has 0 spiro atoms. The summed E-state index contributed by atoms with van der Waals surface area (Å²) in [5.74, 6) is -0.884. The van der Waals surface area contributed by atoms with Gasteiger partial charge in [-0.2, -0.15) is 0 Å². The van der Waals surface area contributed by atoms with Crippen molar-refractivity contribution in [2.24, 2.45) is 0 Å². The van der Waals surface area contributed by atoms with E-state index in [0.717, 1.165) is 52.5 Å². The molecule has 1 N–H and O–H groups in total. The Labute approximate surface area is 353 Å². The number of esters is 2. The molecule has 0 saturated carbocycles. The first kappa shape index (κ1) is 46.4. The van der Waals surface area contributed by atoms with E-state index in [4.69, 9.17) is 4.74 Å². The number of hydrogen-bond acceptors (Lipinski definition) is 15. The Balaban J connectivity index is 0.000000259. The van der Waals surface area contributed by atoms with Gasteiger partial charge >= 0.3 is 18.0 Å². The molecule has 4 heterocycles. The van der Waals surface area contributed by atoms with Crippen molar-refractivity contribution in [3.63, 3.8) is 0 Å². The molecule has 6 rings (SSSR count). The largest absolute Gasteiger partial charge is 0.465 e. The lowest BCUT2D eigenvalue weighted by atomic mass is 10.1. The molecule has 316 valence electrons. The fraction of sp³-hybridized carbons (Fsp3) is 0.432. The van der Waals surface area contributed by atoms with Gasteiger partial charge in [0.15, 0.2) is 10.3 Å². The Hall–Kier alpha value is -4.34. The number of nitrogens with one attached hydrogen (secondary N) is 1. The van der Waals surface area contributed by atoms with E-state index < -0.39 is 43.7 Å². The van der Waals surface area contributed by atoms with E-state index >= 15 is 0 Å². The van der Waals surface area contributed by atoms with Crippen molar-refractivity contribution in [1.82, 2.24) is 20.2 Å². The molecule has 0 aliphatic carbocycles. The first-order chi connectivity index (χ1) is 26.7. The first-order valence-corrected chi connectivity index (χ1v) is 23.0. The lowest BCUT2D eigenvalue weighted by molar-refractivity contribution is 0.0225. The summed E-state index contributed by atoms with van der Waals surface area (Å²) in [6, 6.07) is 13.2. The molecule has 16 nitrogen and oxygen atoms in total. The summed E-state index contributed by atoms with van der Waals surface area (Å²) in [6.45, 7) is 8.03. The van der Waals surface area contributed by atoms with Crippen LogP contribution in [0.4, 0.5) is 15.1 Å². The first-order valence-electron chi connectivity index (χ1n) is 17.7. The highest BCUT2D eigenvalue weighted by atomic mass is 35.5. The maximum absolute atomic E-state index is 12.5. The van der Waals surface area contributed by atoms with Crippen molar-refractivity contribution in [3.8, 4) is 0 Å². The fourth-order valence-electron chi connectivity index (χ4n) is 5.70. The SMILES string of the molecule is COC(=O)c1ccc(CN(c2nc3c(s2)CN(C(=O)OC(C)(C)C)CC3)S(C)(=O)=O)cc1.COC(=O)c1ccc(CN(c2nc3c(s2)CNCC3)S(C)(=O)=O)cc1.Cl. The van der Waals surface area contributed by atoms with Crippen LogP contribution in [0.3, 0.4) is 0 Å². The van der Waals surface area contributed by atoms with Crippen LogP contribution in [0.15, 0.2) is 48.5 Å². The molecule has 1 amide bonds. The number of sulfonamides is 2. The fourth-order valence-corrected chi connectivity index (χ4v) is 10.2. The molecular formula is C37H47ClN6O10S4. The summed E-state index contributed by atoms with van der Waals surface area (Å²) in [5, 5.41) is 4.09. The van der Waals surface area contributed by atoms with Gasteiger partial charge in [0, 0.05) is 42.2 Å². The monoisotopic (exact) mass is 898 g/mol. The Bertz CT molecular complexity index is 2290. The third-order valence-electron chi connectivity index (χ3n) is 8.59. The number of anilines is 2. The van der Waals surface area contributed by atoms with Crippen LogP contribution in [0.1, 0.15) is 73.8 Å². The van der Waals surface area contributed by atoms with Crippen LogP contribution >= 0.6 is 35.1 Å². The zero-order chi connectivity index (χ0) is 41.7. The minimum atomic E-state index is -3.62. The molecule has 21 heteroatoms. The summed E-state index contributed by atoms with van der Waals surface area (Å²) in [4.78, 5) is 48.1. The molecule has 2 aromatic carbocycles. The molecular weight excluding hydrogens is 852 g/mol. The topological polar surface area (TPSA) is 195 Å². The summed E-state index contributed by atoms with van der Waals surface area (Å²) < 4.78 is 67.0. The number of thiazole rings is 2. The third kappa shape index (κ3) is 12.1. The molecule has 0 atom stereocenters. The van der Waals surface area contributed by atoms with Crippen molar-refractivity contribution in [2.75, 3.05) is 48.4 Å². The van der Waals surface area contributed by atoms with E-state index in [1.165, 1.54) is 51.8 Å². The number of aromatic nitrogens is 2. The molecule has 2 aliphatic rings. The standard InChI is InChI=1S/C21H27N3O6S2.C16H19N3O4S2.ClH/c1-21(2,3)30-20(26)23-11-10-16-17(13-23)31-19(22-16)24(32(5,27)28)12-14-6-8-15(9-7-14)18(25)29-4;1-23-15(20)12-5-3-11(4-6-12)10-19(25(2,21)22)16-18-13-7-8-17-9-14(13)24-16;/h6-9H,10-13H2,1-5H3;3-6,17H,7-10H2,1-2H3;1H. The second-order valence-corrected chi connectivity index (χ2v) is 20.2. The number of amides is 1. The number of methoxy groups -OCH3 is 2. The lowest BCUT2D eigenvalue weighted by Crippen LogP contribution is -2.39. The number of hydrogen-bond donors (Lipinski definition) is 1. The summed E-state index contributed by atoms with van der Waals surface area (Å²) in [6.07, 6.45) is 3.23. The number of carbonyl (C=O) groups is 3. The summed E-state index contributed by atoms with van der Waals surface area (Å²) >= 11 is 2.65. The number of fused-ring (bicyclic) bond motifs is 2. The van der Waals surface area contributed by atoms with Crippen LogP contribution in [0.25, 0.3) is 0 Å². The molecule has 0 fully saturated rings. The normalized spacial score (nSPS) is 13.7. The second kappa shape index (κ2) is 19.2. The average molecular weight is 900 g/mol. The van der Waals surface area contributed by atoms with E-state index in [9.17, 15) is 31.2 Å². The van der Waals surface area contributed by atoms with Crippen molar-refractivity contribution >= 4 is 83.4 Å². The van der Waals surface area contributed by atoms with Gasteiger partial charge in [0.2, 0.25) is 20.0 Å². The number of rotatable bonds is 10. The molecule has 58 heavy (non-hydrogen) atoms. The molecule has 2 aromatic heterocycles. The summed E-state index contributed by atoms with van der Waals surface area (Å²) in [5.41, 5.74) is 3.44. The van der Waals surface area contributed by atoms with Gasteiger partial charge in [-0.05, 0) is 56.2 Å². The van der Waals surface area contributed by atoms with Gasteiger partial charge < -0.3 is 24.4 Å². The number of halogens is 1.